The van der Waals surface area contributed by atoms with Gasteiger partial charge in [0.1, 0.15) is 0 Å². The summed E-state index contributed by atoms with van der Waals surface area (Å²) in [4.78, 5) is 20.7. The zero-order chi connectivity index (χ0) is 12.9. The van der Waals surface area contributed by atoms with Crippen LogP contribution in [0.5, 0.6) is 0 Å². The van der Waals surface area contributed by atoms with Crippen molar-refractivity contribution in [3.63, 3.8) is 0 Å². The van der Waals surface area contributed by atoms with Gasteiger partial charge in [-0.25, -0.2) is 0 Å². The van der Waals surface area contributed by atoms with Crippen molar-refractivity contribution in [2.24, 2.45) is 0 Å². The minimum atomic E-state index is -0.958. The summed E-state index contributed by atoms with van der Waals surface area (Å²) in [7, 11) is 8.50. The van der Waals surface area contributed by atoms with Crippen LogP contribution in [0.3, 0.4) is 0 Å². The number of quaternary nitrogens is 1. The Bertz CT molecular complexity index is 346. The predicted molar refractivity (Wildman–Crippen MR) is 52.6 cm³/mol. The van der Waals surface area contributed by atoms with Crippen LogP contribution < -0.4 is 4.98 Å². The molecule has 1 aromatic heterocycles. The second kappa shape index (κ2) is 5.11. The Morgan fingerprint density at radius 2 is 1.25 bits per heavy atom. The van der Waals surface area contributed by atoms with Gasteiger partial charge in [0.05, 0.1) is 28.2 Å². The third kappa shape index (κ3) is 6.37. The van der Waals surface area contributed by atoms with E-state index in [9.17, 15) is 20.2 Å². The van der Waals surface area contributed by atoms with E-state index in [4.69, 9.17) is 0 Å². The first-order valence-electron chi connectivity index (χ1n) is 4.06. The average Bonchev–Trinajstić information content (AvgIpc) is 2.47. The Hall–Kier alpha value is -2.10. The molecular weight excluding hydrogens is 220 g/mol. The minimum Gasteiger partial charge on any atom is -0.417 e. The molecule has 0 aliphatic rings. The van der Waals surface area contributed by atoms with Gasteiger partial charge in [0.15, 0.2) is 0 Å². The summed E-state index contributed by atoms with van der Waals surface area (Å²) in [6.45, 7) is 0. The molecule has 0 atom stereocenters. The van der Waals surface area contributed by atoms with Crippen molar-refractivity contribution in [2.75, 3.05) is 28.2 Å². The highest BCUT2D eigenvalue weighted by atomic mass is 16.6. The lowest BCUT2D eigenvalue weighted by Gasteiger charge is -2.14. The number of nitro groups is 2. The van der Waals surface area contributed by atoms with E-state index in [1.807, 2.05) is 0 Å². The molecule has 0 unspecified atom stereocenters. The highest BCUT2D eigenvalue weighted by molar-refractivity contribution is 5.10. The lowest BCUT2D eigenvalue weighted by Crippen LogP contribution is -2.27. The zero-order valence-corrected chi connectivity index (χ0v) is 9.32. The molecule has 0 N–H and O–H groups in total. The average molecular weight is 232 g/mol. The molecule has 0 radical (unpaired) electrons. The molecule has 0 aromatic carbocycles. The summed E-state index contributed by atoms with van der Waals surface area (Å²) in [6.07, 6.45) is 0. The van der Waals surface area contributed by atoms with Crippen LogP contribution in [-0.2, 0) is 0 Å². The van der Waals surface area contributed by atoms with E-state index in [2.05, 4.69) is 43.4 Å². The van der Waals surface area contributed by atoms with E-state index in [1.54, 1.807) is 0 Å². The van der Waals surface area contributed by atoms with Gasteiger partial charge in [-0.2, -0.15) is 0 Å². The van der Waals surface area contributed by atoms with E-state index in [0.29, 0.717) is 0 Å². The van der Waals surface area contributed by atoms with Crippen LogP contribution in [0.4, 0.5) is 11.9 Å². The summed E-state index contributed by atoms with van der Waals surface area (Å²) >= 11 is 0. The van der Waals surface area contributed by atoms with Gasteiger partial charge in [-0.1, -0.05) is 14.8 Å². The maximum atomic E-state index is 9.85. The molecule has 0 amide bonds. The van der Waals surface area contributed by atoms with Gasteiger partial charge >= 0.3 is 11.9 Å². The molecule has 0 spiro atoms. The van der Waals surface area contributed by atoms with Crippen molar-refractivity contribution in [3.8, 4) is 0 Å². The van der Waals surface area contributed by atoms with Crippen molar-refractivity contribution in [1.29, 1.82) is 0 Å². The second-order valence-electron chi connectivity index (χ2n) is 4.11. The topological polar surface area (TPSA) is 126 Å². The van der Waals surface area contributed by atoms with Gasteiger partial charge in [-0.05, 0) is 0 Å². The van der Waals surface area contributed by atoms with E-state index >= 15 is 0 Å². The molecule has 0 fully saturated rings. The number of hydrogen-bond donors (Lipinski definition) is 0. The van der Waals surface area contributed by atoms with Gasteiger partial charge in [0.25, 0.3) is 0 Å². The minimum absolute atomic E-state index is 0.864. The van der Waals surface area contributed by atoms with E-state index in [1.165, 1.54) is 0 Å². The van der Waals surface area contributed by atoms with Crippen LogP contribution in [0.25, 0.3) is 0 Å². The Morgan fingerprint density at radius 1 is 1.00 bits per heavy atom. The smallest absolute Gasteiger partial charge is 0.417 e. The van der Waals surface area contributed by atoms with Crippen LogP contribution >= 0.6 is 0 Å². The van der Waals surface area contributed by atoms with Gasteiger partial charge in [0, 0.05) is 10.2 Å². The molecule has 90 valence electrons. The molecule has 0 saturated carbocycles. The van der Waals surface area contributed by atoms with Gasteiger partial charge in [0.2, 0.25) is 0 Å². The lowest BCUT2D eigenvalue weighted by atomic mass is 10.8. The monoisotopic (exact) mass is 232 g/mol. The Kier molecular flexibility index (Phi) is 4.44. The summed E-state index contributed by atoms with van der Waals surface area (Å²) in [5.41, 5.74) is 0. The Morgan fingerprint density at radius 3 is 1.38 bits per heavy atom. The fourth-order valence-electron chi connectivity index (χ4n) is 0.378. The van der Waals surface area contributed by atoms with Crippen LogP contribution in [-0.4, -0.2) is 52.7 Å². The maximum absolute atomic E-state index is 9.85. The molecule has 0 bridgehead atoms. The van der Waals surface area contributed by atoms with Gasteiger partial charge in [-0.15, -0.1) is 0 Å². The van der Waals surface area contributed by atoms with Crippen LogP contribution in [0, 0.1) is 20.2 Å². The largest absolute Gasteiger partial charge is 0.418 e. The Balaban J connectivity index is 0.000000385. The van der Waals surface area contributed by atoms with E-state index in [-0.39, 0.29) is 0 Å². The van der Waals surface area contributed by atoms with Crippen molar-refractivity contribution in [1.82, 2.24) is 15.2 Å². The maximum Gasteiger partial charge on any atom is 0.418 e. The molecule has 1 heterocycles. The quantitative estimate of drug-likeness (QED) is 0.384. The Labute approximate surface area is 90.8 Å². The molecule has 16 heavy (non-hydrogen) atoms. The van der Waals surface area contributed by atoms with E-state index < -0.39 is 21.7 Å². The molecule has 0 saturated heterocycles. The summed E-state index contributed by atoms with van der Waals surface area (Å²) in [5.74, 6) is -1.73. The van der Waals surface area contributed by atoms with Gasteiger partial charge in [-0.3, -0.25) is 0 Å². The third-order valence-electron chi connectivity index (χ3n) is 0.755. The fraction of sp³-hybridized carbons (Fsp3) is 0.667. The standard InChI is InChI=1S/C4H12N.C2N5O4/c1-5(2,3)4;8-6(9)1-3-2(5-4-1)7(10)11/h1-4H3;/q+1;-1. The molecule has 0 aliphatic heterocycles. The van der Waals surface area contributed by atoms with Gasteiger partial charge < -0.3 is 24.7 Å². The first-order chi connectivity index (χ1) is 7.11. The van der Waals surface area contributed by atoms with Crippen LogP contribution in [0.2, 0.25) is 0 Å². The van der Waals surface area contributed by atoms with Crippen molar-refractivity contribution in [3.05, 3.63) is 20.2 Å². The lowest BCUT2D eigenvalue weighted by molar-refractivity contribution is -0.849. The molecule has 0 aliphatic carbocycles. The van der Waals surface area contributed by atoms with Crippen molar-refractivity contribution >= 4 is 11.9 Å². The molecule has 10 nitrogen and oxygen atoms in total. The fourth-order valence-corrected chi connectivity index (χ4v) is 0.378. The highest BCUT2D eigenvalue weighted by Crippen LogP contribution is 2.04. The molecule has 10 heteroatoms. The number of aromatic nitrogens is 3. The summed E-state index contributed by atoms with van der Waals surface area (Å²) in [6, 6.07) is 0. The normalized spacial score (nSPS) is 10.2. The van der Waals surface area contributed by atoms with E-state index in [0.717, 1.165) is 4.48 Å². The van der Waals surface area contributed by atoms with Crippen molar-refractivity contribution < 1.29 is 14.3 Å². The molecule has 1 rings (SSSR count). The first kappa shape index (κ1) is 13.9. The number of rotatable bonds is 2. The molecular formula is C6H12N6O4. The summed E-state index contributed by atoms with van der Waals surface area (Å²) in [5, 5.41) is 25.4. The predicted octanol–water partition coefficient (Wildman–Crippen LogP) is -0.427. The van der Waals surface area contributed by atoms with Crippen LogP contribution in [0.1, 0.15) is 0 Å². The summed E-state index contributed by atoms with van der Waals surface area (Å²) < 4.78 is 1.00. The number of hydrogen-bond acceptors (Lipinski definition) is 6. The highest BCUT2D eigenvalue weighted by Gasteiger charge is 2.15. The molecule has 1 aromatic rings. The van der Waals surface area contributed by atoms with Crippen LogP contribution in [0.15, 0.2) is 0 Å². The second-order valence-corrected chi connectivity index (χ2v) is 4.11. The first-order valence-corrected chi connectivity index (χ1v) is 4.06. The van der Waals surface area contributed by atoms with Crippen molar-refractivity contribution in [2.45, 2.75) is 0 Å². The zero-order valence-electron chi connectivity index (χ0n) is 9.32. The third-order valence-corrected chi connectivity index (χ3v) is 0.755. The SMILES string of the molecule is C[N+](C)(C)C.O=[N+]([O-])c1nnc([N+](=O)[O-])[n-]1. The number of nitrogens with zero attached hydrogens (tertiary/aromatic N) is 6.